The number of nitro benzene ring substituents is 1. The van der Waals surface area contributed by atoms with Crippen LogP contribution in [0.25, 0.3) is 0 Å². The second-order valence-corrected chi connectivity index (χ2v) is 4.32. The van der Waals surface area contributed by atoms with Gasteiger partial charge < -0.3 is 4.74 Å². The molecule has 0 saturated heterocycles. The summed E-state index contributed by atoms with van der Waals surface area (Å²) >= 11 is 6.43. The molecule has 0 amide bonds. The predicted molar refractivity (Wildman–Crippen MR) is 64.7 cm³/mol. The predicted octanol–water partition coefficient (Wildman–Crippen LogP) is 3.52. The highest BCUT2D eigenvalue weighted by Gasteiger charge is 2.15. The fraction of sp³-hybridized carbons (Fsp3) is 0.333. The Kier molecular flexibility index (Phi) is 5.04. The van der Waals surface area contributed by atoms with Crippen LogP contribution in [0.2, 0.25) is 0 Å². The molecular formula is C9H9Br2NO3. The van der Waals surface area contributed by atoms with E-state index < -0.39 is 4.92 Å². The molecule has 1 aromatic rings. The number of rotatable bonds is 5. The monoisotopic (exact) mass is 337 g/mol. The third-order valence-corrected chi connectivity index (χ3v) is 3.03. The van der Waals surface area contributed by atoms with Crippen LogP contribution in [0.1, 0.15) is 6.42 Å². The number of nitrogens with zero attached hydrogens (tertiary/aromatic N) is 1. The van der Waals surface area contributed by atoms with Crippen LogP contribution in [0.3, 0.4) is 0 Å². The van der Waals surface area contributed by atoms with Crippen LogP contribution in [0.5, 0.6) is 5.75 Å². The quantitative estimate of drug-likeness (QED) is 0.357. The summed E-state index contributed by atoms with van der Waals surface area (Å²) in [5.74, 6) is 0.505. The molecule has 15 heavy (non-hydrogen) atoms. The molecule has 0 fully saturated rings. The lowest BCUT2D eigenvalue weighted by molar-refractivity contribution is -0.385. The van der Waals surface area contributed by atoms with Crippen molar-refractivity contribution in [2.45, 2.75) is 6.42 Å². The van der Waals surface area contributed by atoms with Gasteiger partial charge in [-0.05, 0) is 28.4 Å². The molecule has 0 aromatic heterocycles. The first kappa shape index (κ1) is 12.4. The Morgan fingerprint density at radius 1 is 1.47 bits per heavy atom. The van der Waals surface area contributed by atoms with E-state index in [1.807, 2.05) is 0 Å². The van der Waals surface area contributed by atoms with Crippen molar-refractivity contribution in [1.82, 2.24) is 0 Å². The molecule has 0 radical (unpaired) electrons. The van der Waals surface area contributed by atoms with E-state index in [0.29, 0.717) is 16.8 Å². The average Bonchev–Trinajstić information content (AvgIpc) is 2.20. The molecule has 0 aliphatic rings. The van der Waals surface area contributed by atoms with E-state index in [0.717, 1.165) is 11.8 Å². The molecule has 0 aliphatic heterocycles. The van der Waals surface area contributed by atoms with E-state index in [-0.39, 0.29) is 5.69 Å². The largest absolute Gasteiger partial charge is 0.492 e. The van der Waals surface area contributed by atoms with Gasteiger partial charge in [-0.3, -0.25) is 10.1 Å². The molecule has 0 spiro atoms. The Bertz CT molecular complexity index is 357. The maximum absolute atomic E-state index is 10.6. The maximum Gasteiger partial charge on any atom is 0.287 e. The van der Waals surface area contributed by atoms with E-state index in [2.05, 4.69) is 31.9 Å². The third-order valence-electron chi connectivity index (χ3n) is 1.68. The Labute approximate surface area is 104 Å². The van der Waals surface area contributed by atoms with Crippen LogP contribution in [-0.4, -0.2) is 16.9 Å². The highest BCUT2D eigenvalue weighted by Crippen LogP contribution is 2.33. The first-order valence-electron chi connectivity index (χ1n) is 4.28. The van der Waals surface area contributed by atoms with Crippen molar-refractivity contribution in [1.29, 1.82) is 0 Å². The van der Waals surface area contributed by atoms with Gasteiger partial charge in [0.1, 0.15) is 10.2 Å². The number of hydrogen-bond donors (Lipinski definition) is 0. The summed E-state index contributed by atoms with van der Waals surface area (Å²) < 4.78 is 5.78. The molecule has 0 aliphatic carbocycles. The third kappa shape index (κ3) is 3.46. The summed E-state index contributed by atoms with van der Waals surface area (Å²) in [5, 5.41) is 11.5. The van der Waals surface area contributed by atoms with Crippen LogP contribution in [-0.2, 0) is 0 Å². The smallest absolute Gasteiger partial charge is 0.287 e. The number of ether oxygens (including phenoxy) is 1. The van der Waals surface area contributed by atoms with E-state index in [1.54, 1.807) is 12.1 Å². The van der Waals surface area contributed by atoms with E-state index in [1.165, 1.54) is 6.07 Å². The van der Waals surface area contributed by atoms with Gasteiger partial charge in [0.05, 0.1) is 11.5 Å². The van der Waals surface area contributed by atoms with Crippen molar-refractivity contribution in [2.75, 3.05) is 11.9 Å². The van der Waals surface area contributed by atoms with Gasteiger partial charge in [-0.15, -0.1) is 0 Å². The molecule has 6 heteroatoms. The van der Waals surface area contributed by atoms with Crippen LogP contribution >= 0.6 is 31.9 Å². The van der Waals surface area contributed by atoms with Crippen molar-refractivity contribution < 1.29 is 9.66 Å². The first-order valence-corrected chi connectivity index (χ1v) is 6.20. The SMILES string of the molecule is O=[N+]([O-])c1cccc(OCCCBr)c1Br. The number of benzene rings is 1. The minimum Gasteiger partial charge on any atom is -0.492 e. The van der Waals surface area contributed by atoms with Gasteiger partial charge in [0.25, 0.3) is 5.69 Å². The van der Waals surface area contributed by atoms with Gasteiger partial charge in [0.15, 0.2) is 0 Å². The number of alkyl halides is 1. The molecule has 0 atom stereocenters. The van der Waals surface area contributed by atoms with Gasteiger partial charge in [-0.2, -0.15) is 0 Å². The van der Waals surface area contributed by atoms with Crippen LogP contribution in [0.4, 0.5) is 5.69 Å². The molecule has 0 heterocycles. The summed E-state index contributed by atoms with van der Waals surface area (Å²) in [5.41, 5.74) is 0.0198. The van der Waals surface area contributed by atoms with Crippen LogP contribution < -0.4 is 4.74 Å². The maximum atomic E-state index is 10.6. The molecular weight excluding hydrogens is 330 g/mol. The van der Waals surface area contributed by atoms with Gasteiger partial charge in [-0.25, -0.2) is 0 Å². The molecule has 0 unspecified atom stereocenters. The summed E-state index contributed by atoms with van der Waals surface area (Å²) in [6.07, 6.45) is 0.856. The lowest BCUT2D eigenvalue weighted by atomic mass is 10.3. The zero-order valence-electron chi connectivity index (χ0n) is 7.78. The van der Waals surface area contributed by atoms with Crippen LogP contribution in [0, 0.1) is 10.1 Å². The molecule has 82 valence electrons. The summed E-state index contributed by atoms with van der Waals surface area (Å²) in [6, 6.07) is 4.74. The molecule has 0 saturated carbocycles. The zero-order valence-corrected chi connectivity index (χ0v) is 11.0. The van der Waals surface area contributed by atoms with Crippen molar-refractivity contribution in [3.8, 4) is 5.75 Å². The topological polar surface area (TPSA) is 52.4 Å². The highest BCUT2D eigenvalue weighted by molar-refractivity contribution is 9.10. The molecule has 0 N–H and O–H groups in total. The van der Waals surface area contributed by atoms with Gasteiger partial charge >= 0.3 is 0 Å². The Hall–Kier alpha value is -0.620. The fourth-order valence-electron chi connectivity index (χ4n) is 0.988. The summed E-state index contributed by atoms with van der Waals surface area (Å²) in [4.78, 5) is 10.2. The van der Waals surface area contributed by atoms with E-state index in [9.17, 15) is 10.1 Å². The highest BCUT2D eigenvalue weighted by atomic mass is 79.9. The molecule has 4 nitrogen and oxygen atoms in total. The minimum absolute atomic E-state index is 0.0198. The van der Waals surface area contributed by atoms with Crippen LogP contribution in [0.15, 0.2) is 22.7 Å². The Morgan fingerprint density at radius 2 is 2.20 bits per heavy atom. The Balaban J connectivity index is 2.80. The molecule has 1 aromatic carbocycles. The minimum atomic E-state index is -0.443. The summed E-state index contributed by atoms with van der Waals surface area (Å²) in [6.45, 7) is 0.533. The van der Waals surface area contributed by atoms with Crippen molar-refractivity contribution >= 4 is 37.5 Å². The summed E-state index contributed by atoms with van der Waals surface area (Å²) in [7, 11) is 0. The van der Waals surface area contributed by atoms with E-state index in [4.69, 9.17) is 4.74 Å². The van der Waals surface area contributed by atoms with Gasteiger partial charge in [0.2, 0.25) is 0 Å². The number of hydrogen-bond acceptors (Lipinski definition) is 3. The van der Waals surface area contributed by atoms with Gasteiger partial charge in [-0.1, -0.05) is 22.0 Å². The van der Waals surface area contributed by atoms with Crippen molar-refractivity contribution in [3.05, 3.63) is 32.8 Å². The van der Waals surface area contributed by atoms with Crippen molar-refractivity contribution in [3.63, 3.8) is 0 Å². The lowest BCUT2D eigenvalue weighted by Crippen LogP contribution is -1.99. The average molecular weight is 339 g/mol. The first-order chi connectivity index (χ1) is 7.16. The lowest BCUT2D eigenvalue weighted by Gasteiger charge is -2.06. The standard InChI is InChI=1S/C9H9Br2NO3/c10-5-2-6-15-8-4-1-3-7(9(8)11)12(13)14/h1,3-4H,2,5-6H2. The fourth-order valence-corrected chi connectivity index (χ4v) is 1.74. The van der Waals surface area contributed by atoms with E-state index >= 15 is 0 Å². The van der Waals surface area contributed by atoms with Gasteiger partial charge in [0, 0.05) is 11.4 Å². The van der Waals surface area contributed by atoms with Crippen molar-refractivity contribution in [2.24, 2.45) is 0 Å². The number of nitro groups is 1. The number of halogens is 2. The zero-order chi connectivity index (χ0) is 11.3. The molecule has 0 bridgehead atoms. The second kappa shape index (κ2) is 6.07. The second-order valence-electron chi connectivity index (χ2n) is 2.74. The Morgan fingerprint density at radius 3 is 2.80 bits per heavy atom. The normalized spacial score (nSPS) is 10.0. The molecule has 1 rings (SSSR count).